The summed E-state index contributed by atoms with van der Waals surface area (Å²) in [6.45, 7) is 7.80. The highest BCUT2D eigenvalue weighted by Gasteiger charge is 2.25. The number of nitrogens with zero attached hydrogens (tertiary/aromatic N) is 2. The van der Waals surface area contributed by atoms with Gasteiger partial charge in [-0.1, -0.05) is 62.4 Å². The predicted octanol–water partition coefficient (Wildman–Crippen LogP) is 5.94. The summed E-state index contributed by atoms with van der Waals surface area (Å²) in [5.74, 6) is -0.352. The molecule has 0 bridgehead atoms. The number of hydrogen-bond acceptors (Lipinski definition) is 2. The summed E-state index contributed by atoms with van der Waals surface area (Å²) in [7, 11) is 1.78. The van der Waals surface area contributed by atoms with Crippen molar-refractivity contribution in [3.8, 4) is 0 Å². The van der Waals surface area contributed by atoms with Crippen molar-refractivity contribution in [2.45, 2.75) is 13.8 Å². The van der Waals surface area contributed by atoms with E-state index in [-0.39, 0.29) is 5.83 Å². The van der Waals surface area contributed by atoms with Gasteiger partial charge in [0, 0.05) is 30.6 Å². The van der Waals surface area contributed by atoms with Gasteiger partial charge in [-0.25, -0.2) is 4.39 Å². The van der Waals surface area contributed by atoms with Crippen LogP contribution >= 0.6 is 11.6 Å². The molecule has 1 aliphatic heterocycles. The lowest BCUT2D eigenvalue weighted by Crippen LogP contribution is -2.20. The summed E-state index contributed by atoms with van der Waals surface area (Å²) in [5.41, 5.74) is 3.59. The molecular formula is C20H20ClFN2. The maximum Gasteiger partial charge on any atom is 0.146 e. The summed E-state index contributed by atoms with van der Waals surface area (Å²) < 4.78 is 14.2. The highest BCUT2D eigenvalue weighted by molar-refractivity contribution is 6.32. The molecular weight excluding hydrogens is 323 g/mol. The molecule has 124 valence electrons. The van der Waals surface area contributed by atoms with Crippen molar-refractivity contribution >= 4 is 22.9 Å². The Bertz CT molecular complexity index is 794. The first-order chi connectivity index (χ1) is 11.6. The molecule has 0 radical (unpaired) electrons. The largest absolute Gasteiger partial charge is 0.342 e. The number of halogens is 2. The fraction of sp³-hybridized carbons (Fsp3) is 0.150. The van der Waals surface area contributed by atoms with Crippen LogP contribution in [-0.4, -0.2) is 16.9 Å². The van der Waals surface area contributed by atoms with Crippen molar-refractivity contribution in [1.29, 1.82) is 0 Å². The molecule has 0 spiro atoms. The van der Waals surface area contributed by atoms with E-state index in [0.29, 0.717) is 10.7 Å². The number of likely N-dealkylation sites (N-methyl/N-ethyl adjacent to an activating group) is 1. The second kappa shape index (κ2) is 7.93. The molecule has 0 saturated heterocycles. The first-order valence-electron chi connectivity index (χ1n) is 7.79. The Hall–Kier alpha value is -2.39. The van der Waals surface area contributed by atoms with Crippen molar-refractivity contribution in [2.24, 2.45) is 0 Å². The maximum absolute atomic E-state index is 14.2. The Morgan fingerprint density at radius 3 is 2.42 bits per heavy atom. The minimum atomic E-state index is -0.352. The van der Waals surface area contributed by atoms with Crippen LogP contribution in [0, 0.1) is 0 Å². The molecule has 1 aromatic heterocycles. The Balaban J connectivity index is 0.00000100. The normalized spacial score (nSPS) is 14.1. The van der Waals surface area contributed by atoms with E-state index in [4.69, 9.17) is 11.6 Å². The summed E-state index contributed by atoms with van der Waals surface area (Å²) in [4.78, 5) is 5.73. The number of benzene rings is 1. The molecule has 0 fully saturated rings. The van der Waals surface area contributed by atoms with Gasteiger partial charge in [0.2, 0.25) is 0 Å². The van der Waals surface area contributed by atoms with Gasteiger partial charge >= 0.3 is 0 Å². The quantitative estimate of drug-likeness (QED) is 0.671. The standard InChI is InChI=1S/C18H14ClFN2.C2H6/c1-12-17(20)10-15(13-6-4-3-5-7-13)18(22(12)2)14-8-9-21-11-16(14)19;1-2/h3-11H,1H2,2H3;1-2H3. The predicted molar refractivity (Wildman–Crippen MR) is 99.9 cm³/mol. The van der Waals surface area contributed by atoms with Gasteiger partial charge in [-0.3, -0.25) is 4.98 Å². The molecule has 4 heteroatoms. The van der Waals surface area contributed by atoms with Gasteiger partial charge in [-0.15, -0.1) is 0 Å². The molecule has 24 heavy (non-hydrogen) atoms. The Labute approximate surface area is 147 Å². The van der Waals surface area contributed by atoms with Crippen molar-refractivity contribution in [2.75, 3.05) is 7.05 Å². The smallest absolute Gasteiger partial charge is 0.146 e. The molecule has 1 aliphatic rings. The third-order valence-electron chi connectivity index (χ3n) is 3.65. The lowest BCUT2D eigenvalue weighted by Gasteiger charge is -2.30. The molecule has 0 aliphatic carbocycles. The first kappa shape index (κ1) is 18.0. The number of hydrogen-bond donors (Lipinski definition) is 0. The minimum absolute atomic E-state index is 0.308. The van der Waals surface area contributed by atoms with E-state index in [1.807, 2.05) is 50.2 Å². The third kappa shape index (κ3) is 3.41. The fourth-order valence-electron chi connectivity index (χ4n) is 2.49. The van der Waals surface area contributed by atoms with Gasteiger partial charge < -0.3 is 4.90 Å². The fourth-order valence-corrected chi connectivity index (χ4v) is 2.69. The van der Waals surface area contributed by atoms with Crippen LogP contribution in [0.5, 0.6) is 0 Å². The van der Waals surface area contributed by atoms with Crippen LogP contribution in [0.25, 0.3) is 11.3 Å². The topological polar surface area (TPSA) is 16.1 Å². The van der Waals surface area contributed by atoms with Crippen molar-refractivity contribution in [1.82, 2.24) is 9.88 Å². The number of aromatic nitrogens is 1. The molecule has 2 aromatic rings. The van der Waals surface area contributed by atoms with Gasteiger partial charge in [-0.2, -0.15) is 0 Å². The van der Waals surface area contributed by atoms with Gasteiger partial charge in [0.1, 0.15) is 5.83 Å². The zero-order chi connectivity index (χ0) is 17.7. The number of rotatable bonds is 2. The van der Waals surface area contributed by atoms with Crippen LogP contribution in [0.3, 0.4) is 0 Å². The molecule has 0 N–H and O–H groups in total. The van der Waals surface area contributed by atoms with Crippen LogP contribution < -0.4 is 0 Å². The molecule has 3 rings (SSSR count). The molecule has 1 aromatic carbocycles. The van der Waals surface area contributed by atoms with E-state index >= 15 is 0 Å². The van der Waals surface area contributed by atoms with Crippen LogP contribution in [-0.2, 0) is 0 Å². The van der Waals surface area contributed by atoms with E-state index in [9.17, 15) is 4.39 Å². The zero-order valence-corrected chi connectivity index (χ0v) is 14.8. The molecule has 2 heterocycles. The molecule has 0 amide bonds. The summed E-state index contributed by atoms with van der Waals surface area (Å²) >= 11 is 6.29. The van der Waals surface area contributed by atoms with Gasteiger partial charge in [0.05, 0.1) is 16.4 Å². The van der Waals surface area contributed by atoms with Gasteiger partial charge in [0.25, 0.3) is 0 Å². The van der Waals surface area contributed by atoms with E-state index in [1.165, 1.54) is 6.08 Å². The van der Waals surface area contributed by atoms with Crippen LogP contribution in [0.2, 0.25) is 5.02 Å². The number of allylic oxidation sites excluding steroid dienone is 3. The molecule has 0 saturated carbocycles. The summed E-state index contributed by atoms with van der Waals surface area (Å²) in [5, 5.41) is 0.515. The molecule has 2 nitrogen and oxygen atoms in total. The van der Waals surface area contributed by atoms with E-state index in [2.05, 4.69) is 11.6 Å². The first-order valence-corrected chi connectivity index (χ1v) is 8.17. The Morgan fingerprint density at radius 1 is 1.12 bits per heavy atom. The van der Waals surface area contributed by atoms with Gasteiger partial charge in [0.15, 0.2) is 0 Å². The van der Waals surface area contributed by atoms with Crippen LogP contribution in [0.1, 0.15) is 25.0 Å². The third-order valence-corrected chi connectivity index (χ3v) is 3.96. The average Bonchev–Trinajstić information content (AvgIpc) is 2.63. The monoisotopic (exact) mass is 342 g/mol. The second-order valence-corrected chi connectivity index (χ2v) is 5.39. The highest BCUT2D eigenvalue weighted by Crippen LogP contribution is 2.40. The summed E-state index contributed by atoms with van der Waals surface area (Å²) in [6, 6.07) is 11.5. The second-order valence-electron chi connectivity index (χ2n) is 4.98. The van der Waals surface area contributed by atoms with Crippen molar-refractivity contribution in [3.05, 3.63) is 89.1 Å². The highest BCUT2D eigenvalue weighted by atomic mass is 35.5. The number of pyridine rings is 1. The Morgan fingerprint density at radius 2 is 1.79 bits per heavy atom. The average molecular weight is 343 g/mol. The zero-order valence-electron chi connectivity index (χ0n) is 14.1. The van der Waals surface area contributed by atoms with Crippen molar-refractivity contribution < 1.29 is 4.39 Å². The van der Waals surface area contributed by atoms with Crippen LogP contribution in [0.15, 0.2) is 73.0 Å². The van der Waals surface area contributed by atoms with Crippen LogP contribution in [0.4, 0.5) is 4.39 Å². The lowest BCUT2D eigenvalue weighted by molar-refractivity contribution is 0.529. The summed E-state index contributed by atoms with van der Waals surface area (Å²) in [6.07, 6.45) is 4.75. The van der Waals surface area contributed by atoms with E-state index in [0.717, 1.165) is 22.4 Å². The molecule has 0 atom stereocenters. The van der Waals surface area contributed by atoms with E-state index in [1.54, 1.807) is 24.3 Å². The SMILES string of the molecule is C=C1C(F)=CC(c2ccccc2)=C(c2ccncc2Cl)N1C.CC. The molecule has 0 unspecified atom stereocenters. The maximum atomic E-state index is 14.2. The minimum Gasteiger partial charge on any atom is -0.342 e. The lowest BCUT2D eigenvalue weighted by atomic mass is 9.95. The Kier molecular flexibility index (Phi) is 5.93. The van der Waals surface area contributed by atoms with E-state index < -0.39 is 0 Å². The van der Waals surface area contributed by atoms with Crippen molar-refractivity contribution in [3.63, 3.8) is 0 Å². The van der Waals surface area contributed by atoms with Gasteiger partial charge in [-0.05, 0) is 17.7 Å².